The molecule has 0 saturated carbocycles. The number of carbonyl (C=O) groups is 4. The Morgan fingerprint density at radius 3 is 2.26 bits per heavy atom. The predicted molar refractivity (Wildman–Crippen MR) is 132 cm³/mol. The van der Waals surface area contributed by atoms with Gasteiger partial charge in [0, 0.05) is 26.2 Å². The zero-order valence-electron chi connectivity index (χ0n) is 21.2. The fourth-order valence-electron chi connectivity index (χ4n) is 3.98. The molecule has 0 aliphatic carbocycles. The second-order valence-electron chi connectivity index (χ2n) is 8.79. The van der Waals surface area contributed by atoms with Crippen molar-refractivity contribution in [3.05, 3.63) is 75.8 Å². The molecule has 4 atom stereocenters. The van der Waals surface area contributed by atoms with Crippen molar-refractivity contribution in [1.29, 1.82) is 0 Å². The van der Waals surface area contributed by atoms with Gasteiger partial charge in [-0.3, -0.25) is 14.9 Å². The molecule has 0 unspecified atom stereocenters. The smallest absolute Gasteiger partial charge is 0.408 e. The van der Waals surface area contributed by atoms with E-state index in [4.69, 9.17) is 14.2 Å². The van der Waals surface area contributed by atoms with Gasteiger partial charge < -0.3 is 29.7 Å². The molecule has 1 fully saturated rings. The van der Waals surface area contributed by atoms with Crippen molar-refractivity contribution in [3.8, 4) is 0 Å². The lowest BCUT2D eigenvalue weighted by molar-refractivity contribution is -0.384. The van der Waals surface area contributed by atoms with Crippen LogP contribution in [0.2, 0.25) is 0 Å². The van der Waals surface area contributed by atoms with Crippen LogP contribution in [0.15, 0.2) is 54.6 Å². The van der Waals surface area contributed by atoms with E-state index in [9.17, 15) is 29.3 Å². The minimum Gasteiger partial charge on any atom is -0.445 e. The normalized spacial score (nSPS) is 22.2. The molecule has 13 nitrogen and oxygen atoms in total. The van der Waals surface area contributed by atoms with Crippen LogP contribution in [-0.4, -0.2) is 71.8 Å². The minimum atomic E-state index is -1.83. The zero-order chi connectivity index (χ0) is 28.0. The molecule has 3 amide bonds. The zero-order valence-corrected chi connectivity index (χ0v) is 21.2. The number of urea groups is 1. The van der Waals surface area contributed by atoms with Crippen LogP contribution in [0.4, 0.5) is 15.3 Å². The molecule has 1 aliphatic heterocycles. The fourth-order valence-corrected chi connectivity index (χ4v) is 3.98. The maximum absolute atomic E-state index is 13.0. The lowest BCUT2D eigenvalue weighted by atomic mass is 9.83. The number of nitro groups is 1. The summed E-state index contributed by atoms with van der Waals surface area (Å²) in [5, 5.41) is 16.0. The highest BCUT2D eigenvalue weighted by molar-refractivity contribution is 5.94. The monoisotopic (exact) mass is 528 g/mol. The first-order valence-corrected chi connectivity index (χ1v) is 11.5. The number of nitro benzene ring substituents is 1. The van der Waals surface area contributed by atoms with E-state index in [1.165, 1.54) is 45.0 Å². The number of carbonyl (C=O) groups excluding carboxylic acids is 4. The van der Waals surface area contributed by atoms with Crippen LogP contribution in [0.1, 0.15) is 29.8 Å². The Labute approximate surface area is 218 Å². The summed E-state index contributed by atoms with van der Waals surface area (Å²) in [5.41, 5.74) is -1.38. The van der Waals surface area contributed by atoms with E-state index in [2.05, 4.69) is 10.6 Å². The van der Waals surface area contributed by atoms with E-state index in [1.807, 2.05) is 0 Å². The van der Waals surface area contributed by atoms with E-state index in [0.29, 0.717) is 5.56 Å². The van der Waals surface area contributed by atoms with Crippen LogP contribution in [0.25, 0.3) is 0 Å². The quantitative estimate of drug-likeness (QED) is 0.297. The molecule has 0 bridgehead atoms. The summed E-state index contributed by atoms with van der Waals surface area (Å²) in [5.74, 6) is -1.50. The average Bonchev–Trinajstić information content (AvgIpc) is 3.13. The molecule has 202 valence electrons. The molecular formula is C25H28N4O9. The summed E-state index contributed by atoms with van der Waals surface area (Å²) in [6.45, 7) is 2.61. The van der Waals surface area contributed by atoms with Gasteiger partial charge in [0.15, 0.2) is 11.3 Å². The standard InChI is InChI=1S/C25H28N4O9/c1-15(30)25(27-23(32)28(3)4)16(2)37-22(38-21(31)18-10-12-19(13-11-18)29(34)35)20(25)26-24(33)36-14-17-8-6-5-7-9-17/h5-13,16,20,22H,14H2,1-4H3,(H,26,33)(H,27,32)/t16-,20+,22-,25-/m0/s1. The molecule has 1 heterocycles. The number of hydrogen-bond donors (Lipinski definition) is 2. The third-order valence-corrected chi connectivity index (χ3v) is 6.07. The summed E-state index contributed by atoms with van der Waals surface area (Å²) in [6, 6.07) is 11.5. The Kier molecular flexibility index (Phi) is 8.63. The number of rotatable bonds is 8. The minimum absolute atomic E-state index is 0.0325. The number of nitrogens with one attached hydrogen (secondary N) is 2. The van der Waals surface area contributed by atoms with Gasteiger partial charge in [-0.05, 0) is 31.5 Å². The second kappa shape index (κ2) is 11.7. The fraction of sp³-hybridized carbons (Fsp3) is 0.360. The third-order valence-electron chi connectivity index (χ3n) is 6.07. The highest BCUT2D eigenvalue weighted by atomic mass is 16.7. The van der Waals surface area contributed by atoms with E-state index < -0.39 is 52.8 Å². The van der Waals surface area contributed by atoms with Crippen LogP contribution in [0.5, 0.6) is 0 Å². The number of ketones is 1. The van der Waals surface area contributed by atoms with Crippen LogP contribution < -0.4 is 10.6 Å². The first kappa shape index (κ1) is 28.1. The molecule has 1 aliphatic rings. The molecular weight excluding hydrogens is 500 g/mol. The highest BCUT2D eigenvalue weighted by Crippen LogP contribution is 2.34. The summed E-state index contributed by atoms with van der Waals surface area (Å²) in [7, 11) is 2.93. The van der Waals surface area contributed by atoms with Gasteiger partial charge in [-0.1, -0.05) is 30.3 Å². The van der Waals surface area contributed by atoms with Crippen molar-refractivity contribution < 1.29 is 38.3 Å². The van der Waals surface area contributed by atoms with Gasteiger partial charge in [0.05, 0.1) is 16.6 Å². The molecule has 1 saturated heterocycles. The topological polar surface area (TPSA) is 166 Å². The largest absolute Gasteiger partial charge is 0.445 e. The van der Waals surface area contributed by atoms with Gasteiger partial charge in [-0.25, -0.2) is 14.4 Å². The molecule has 38 heavy (non-hydrogen) atoms. The predicted octanol–water partition coefficient (Wildman–Crippen LogP) is 2.39. The second-order valence-corrected chi connectivity index (χ2v) is 8.79. The lowest BCUT2D eigenvalue weighted by Gasteiger charge is -2.36. The van der Waals surface area contributed by atoms with E-state index >= 15 is 0 Å². The van der Waals surface area contributed by atoms with Crippen molar-refractivity contribution in [3.63, 3.8) is 0 Å². The van der Waals surface area contributed by atoms with E-state index in [1.54, 1.807) is 30.3 Å². The molecule has 13 heteroatoms. The highest BCUT2D eigenvalue weighted by Gasteiger charge is 2.61. The Bertz CT molecular complexity index is 1200. The molecule has 0 radical (unpaired) electrons. The number of amides is 3. The van der Waals surface area contributed by atoms with Crippen molar-refractivity contribution in [2.24, 2.45) is 0 Å². The molecule has 2 aromatic rings. The van der Waals surface area contributed by atoms with Gasteiger partial charge in [-0.2, -0.15) is 0 Å². The molecule has 2 aromatic carbocycles. The van der Waals surface area contributed by atoms with Crippen molar-refractivity contribution >= 4 is 29.6 Å². The Hall–Kier alpha value is -4.52. The lowest BCUT2D eigenvalue weighted by Crippen LogP contribution is -2.70. The molecule has 2 N–H and O–H groups in total. The molecule has 0 aromatic heterocycles. The number of nitrogens with zero attached hydrogens (tertiary/aromatic N) is 2. The van der Waals surface area contributed by atoms with Gasteiger partial charge >= 0.3 is 18.1 Å². The van der Waals surface area contributed by atoms with Crippen molar-refractivity contribution in [2.75, 3.05) is 14.1 Å². The molecule has 3 rings (SSSR count). The Balaban J connectivity index is 1.88. The summed E-state index contributed by atoms with van der Waals surface area (Å²) < 4.78 is 16.5. The maximum atomic E-state index is 13.0. The number of alkyl carbamates (subject to hydrolysis) is 1. The van der Waals surface area contributed by atoms with Gasteiger partial charge in [0.2, 0.25) is 6.29 Å². The summed E-state index contributed by atoms with van der Waals surface area (Å²) >= 11 is 0. The number of benzene rings is 2. The van der Waals surface area contributed by atoms with Crippen LogP contribution in [-0.2, 0) is 25.6 Å². The first-order valence-electron chi connectivity index (χ1n) is 11.5. The van der Waals surface area contributed by atoms with Crippen molar-refractivity contribution in [2.45, 2.75) is 44.4 Å². The van der Waals surface area contributed by atoms with E-state index in [0.717, 1.165) is 12.1 Å². The summed E-state index contributed by atoms with van der Waals surface area (Å²) in [6.07, 6.45) is -3.51. The number of non-ortho nitro benzene ring substituents is 1. The first-order chi connectivity index (χ1) is 18.0. The van der Waals surface area contributed by atoms with Gasteiger partial charge in [0.1, 0.15) is 12.6 Å². The number of hydrogen-bond acceptors (Lipinski definition) is 9. The van der Waals surface area contributed by atoms with Crippen molar-refractivity contribution in [1.82, 2.24) is 15.5 Å². The van der Waals surface area contributed by atoms with Gasteiger partial charge in [-0.15, -0.1) is 0 Å². The van der Waals surface area contributed by atoms with E-state index in [-0.39, 0.29) is 17.9 Å². The van der Waals surface area contributed by atoms with Crippen LogP contribution in [0, 0.1) is 10.1 Å². The SMILES string of the molecule is CC(=O)[C@]1(NC(=O)N(C)C)[C@H](C)O[C@@H](OC(=O)c2ccc([N+](=O)[O-])cc2)[C@H]1NC(=O)OCc1ccccc1. The number of ether oxygens (including phenoxy) is 3. The van der Waals surface area contributed by atoms with Gasteiger partial charge in [0.25, 0.3) is 5.69 Å². The summed E-state index contributed by atoms with van der Waals surface area (Å²) in [4.78, 5) is 62.7. The third kappa shape index (κ3) is 6.06. The maximum Gasteiger partial charge on any atom is 0.408 e. The van der Waals surface area contributed by atoms with Crippen LogP contribution in [0.3, 0.4) is 0 Å². The average molecular weight is 529 g/mol. The Morgan fingerprint density at radius 1 is 1.08 bits per heavy atom. The van der Waals surface area contributed by atoms with Crippen LogP contribution >= 0.6 is 0 Å². The Morgan fingerprint density at radius 2 is 1.71 bits per heavy atom. The molecule has 0 spiro atoms. The number of Topliss-reactive ketones (excluding diaryl/α,β-unsaturated/α-hetero) is 1. The number of esters is 1.